The van der Waals surface area contributed by atoms with E-state index in [4.69, 9.17) is 4.42 Å². The van der Waals surface area contributed by atoms with Crippen molar-refractivity contribution in [2.45, 2.75) is 0 Å². The molecule has 3 nitrogen and oxygen atoms in total. The zero-order valence-corrected chi connectivity index (χ0v) is 10.6. The highest BCUT2D eigenvalue weighted by Gasteiger charge is 2.12. The molecule has 1 aromatic heterocycles. The van der Waals surface area contributed by atoms with Gasteiger partial charge in [-0.1, -0.05) is 30.3 Å². The lowest BCUT2D eigenvalue weighted by Gasteiger charge is -2.05. The predicted octanol–water partition coefficient (Wildman–Crippen LogP) is 4.03. The predicted molar refractivity (Wildman–Crippen MR) is 77.7 cm³/mol. The lowest BCUT2D eigenvalue weighted by molar-refractivity contribution is 0.104. The highest BCUT2D eigenvalue weighted by Crippen LogP contribution is 2.27. The molecule has 3 aromatic rings. The monoisotopic (exact) mass is 264 g/mol. The highest BCUT2D eigenvalue weighted by molar-refractivity contribution is 6.16. The van der Waals surface area contributed by atoms with Crippen molar-refractivity contribution in [1.82, 2.24) is 0 Å². The average molecular weight is 264 g/mol. The summed E-state index contributed by atoms with van der Waals surface area (Å²) in [4.78, 5) is 12.3. The fourth-order valence-electron chi connectivity index (χ4n) is 2.15. The highest BCUT2D eigenvalue weighted by atomic mass is 16.3. The normalized spacial score (nSPS) is 11.2. The van der Waals surface area contributed by atoms with Gasteiger partial charge in [-0.2, -0.15) is 0 Å². The number of benzene rings is 2. The van der Waals surface area contributed by atoms with Crippen LogP contribution in [0.15, 0.2) is 65.3 Å². The number of hydrogen-bond donors (Lipinski definition) is 1. The molecule has 0 spiro atoms. The summed E-state index contributed by atoms with van der Waals surface area (Å²) in [5.41, 5.74) is 0.311. The Morgan fingerprint density at radius 3 is 2.70 bits per heavy atom. The molecule has 0 aliphatic carbocycles. The fraction of sp³-hybridized carbons (Fsp3) is 0. The quantitative estimate of drug-likeness (QED) is 0.574. The Morgan fingerprint density at radius 1 is 1.05 bits per heavy atom. The standard InChI is InChI=1S/C17H12O3/c18-15-9-7-12-4-1-2-6-14(12)17(15)16(19)10-8-13-5-3-11-20-13/h1-11,18H. The molecule has 20 heavy (non-hydrogen) atoms. The molecule has 3 heteroatoms. The number of rotatable bonds is 3. The molecule has 0 atom stereocenters. The number of phenolic OH excluding ortho intramolecular Hbond substituents is 1. The van der Waals surface area contributed by atoms with E-state index in [9.17, 15) is 9.90 Å². The van der Waals surface area contributed by atoms with Crippen LogP contribution in [0, 0.1) is 0 Å². The van der Waals surface area contributed by atoms with Crippen molar-refractivity contribution in [3.8, 4) is 5.75 Å². The number of phenols is 1. The number of ketones is 1. The van der Waals surface area contributed by atoms with Crippen LogP contribution < -0.4 is 0 Å². The van der Waals surface area contributed by atoms with E-state index in [0.717, 1.165) is 10.8 Å². The van der Waals surface area contributed by atoms with Gasteiger partial charge in [-0.15, -0.1) is 0 Å². The second-order valence-electron chi connectivity index (χ2n) is 4.39. The lowest BCUT2D eigenvalue weighted by Crippen LogP contribution is -1.96. The van der Waals surface area contributed by atoms with Crippen molar-refractivity contribution >= 4 is 22.6 Å². The summed E-state index contributed by atoms with van der Waals surface area (Å²) < 4.78 is 5.14. The molecule has 0 amide bonds. The van der Waals surface area contributed by atoms with Crippen LogP contribution in [0.25, 0.3) is 16.8 Å². The molecule has 0 radical (unpaired) electrons. The Morgan fingerprint density at radius 2 is 1.90 bits per heavy atom. The number of allylic oxidation sites excluding steroid dienone is 1. The van der Waals surface area contributed by atoms with E-state index in [-0.39, 0.29) is 11.5 Å². The topological polar surface area (TPSA) is 50.4 Å². The van der Waals surface area contributed by atoms with Crippen LogP contribution in [-0.4, -0.2) is 10.9 Å². The average Bonchev–Trinajstić information content (AvgIpc) is 2.98. The van der Waals surface area contributed by atoms with Crippen LogP contribution in [0.3, 0.4) is 0 Å². The van der Waals surface area contributed by atoms with E-state index in [1.807, 2.05) is 24.3 Å². The molecular weight excluding hydrogens is 252 g/mol. The van der Waals surface area contributed by atoms with E-state index in [1.165, 1.54) is 12.1 Å². The third kappa shape index (κ3) is 2.21. The van der Waals surface area contributed by atoms with Crippen molar-refractivity contribution < 1.29 is 14.3 Å². The minimum atomic E-state index is -0.254. The van der Waals surface area contributed by atoms with Gasteiger partial charge in [0.2, 0.25) is 0 Å². The minimum Gasteiger partial charge on any atom is -0.507 e. The Balaban J connectivity index is 2.05. The number of carbonyl (C=O) groups is 1. The molecule has 0 unspecified atom stereocenters. The Bertz CT molecular complexity index is 783. The summed E-state index contributed by atoms with van der Waals surface area (Å²) in [6.45, 7) is 0. The SMILES string of the molecule is O=C(C=Cc1ccco1)c1c(O)ccc2ccccc12. The zero-order chi connectivity index (χ0) is 13.9. The van der Waals surface area contributed by atoms with Gasteiger partial charge in [-0.3, -0.25) is 4.79 Å². The third-order valence-corrected chi connectivity index (χ3v) is 3.10. The Hall–Kier alpha value is -2.81. The molecule has 0 fully saturated rings. The van der Waals surface area contributed by atoms with Crippen LogP contribution in [0.2, 0.25) is 0 Å². The van der Waals surface area contributed by atoms with E-state index in [0.29, 0.717) is 11.3 Å². The maximum Gasteiger partial charge on any atom is 0.190 e. The van der Waals surface area contributed by atoms with Gasteiger partial charge >= 0.3 is 0 Å². The molecular formula is C17H12O3. The van der Waals surface area contributed by atoms with Gasteiger partial charge < -0.3 is 9.52 Å². The maximum atomic E-state index is 12.3. The third-order valence-electron chi connectivity index (χ3n) is 3.10. The van der Waals surface area contributed by atoms with Gasteiger partial charge in [0.15, 0.2) is 5.78 Å². The fourth-order valence-corrected chi connectivity index (χ4v) is 2.15. The van der Waals surface area contributed by atoms with Crippen molar-refractivity contribution in [3.05, 3.63) is 72.2 Å². The molecule has 98 valence electrons. The molecule has 0 aliphatic heterocycles. The number of aromatic hydroxyl groups is 1. The lowest BCUT2D eigenvalue weighted by atomic mass is 10.00. The Labute approximate surface area is 115 Å². The van der Waals surface area contributed by atoms with Crippen molar-refractivity contribution in [2.24, 2.45) is 0 Å². The first kappa shape index (κ1) is 12.2. The summed E-state index contributed by atoms with van der Waals surface area (Å²) in [6.07, 6.45) is 4.53. The molecule has 3 rings (SSSR count). The molecule has 0 saturated heterocycles. The van der Waals surface area contributed by atoms with Gasteiger partial charge in [-0.05, 0) is 41.1 Å². The summed E-state index contributed by atoms with van der Waals surface area (Å²) in [6, 6.07) is 14.3. The maximum absolute atomic E-state index is 12.3. The van der Waals surface area contributed by atoms with Gasteiger partial charge in [0.1, 0.15) is 11.5 Å². The van der Waals surface area contributed by atoms with Crippen LogP contribution in [0.1, 0.15) is 16.1 Å². The van der Waals surface area contributed by atoms with Crippen LogP contribution in [0.4, 0.5) is 0 Å². The largest absolute Gasteiger partial charge is 0.507 e. The van der Waals surface area contributed by atoms with Gasteiger partial charge in [-0.25, -0.2) is 0 Å². The molecule has 0 bridgehead atoms. The molecule has 0 saturated carbocycles. The van der Waals surface area contributed by atoms with Crippen molar-refractivity contribution in [1.29, 1.82) is 0 Å². The Kier molecular flexibility index (Phi) is 3.09. The molecule has 1 heterocycles. The summed E-state index contributed by atoms with van der Waals surface area (Å²) in [7, 11) is 0. The summed E-state index contributed by atoms with van der Waals surface area (Å²) in [5.74, 6) is 0.326. The first-order valence-electron chi connectivity index (χ1n) is 6.22. The number of hydrogen-bond acceptors (Lipinski definition) is 3. The zero-order valence-electron chi connectivity index (χ0n) is 10.6. The second kappa shape index (κ2) is 5.05. The molecule has 0 aliphatic rings. The first-order chi connectivity index (χ1) is 9.75. The minimum absolute atomic E-state index is 0.0159. The smallest absolute Gasteiger partial charge is 0.190 e. The van der Waals surface area contributed by atoms with Crippen LogP contribution in [0.5, 0.6) is 5.75 Å². The van der Waals surface area contributed by atoms with Crippen LogP contribution in [-0.2, 0) is 0 Å². The number of furan rings is 1. The van der Waals surface area contributed by atoms with Crippen molar-refractivity contribution in [3.63, 3.8) is 0 Å². The van der Waals surface area contributed by atoms with E-state index < -0.39 is 0 Å². The number of carbonyl (C=O) groups excluding carboxylic acids is 1. The second-order valence-corrected chi connectivity index (χ2v) is 4.39. The van der Waals surface area contributed by atoms with Gasteiger partial charge in [0.25, 0.3) is 0 Å². The first-order valence-corrected chi connectivity index (χ1v) is 6.22. The molecule has 2 aromatic carbocycles. The van der Waals surface area contributed by atoms with Gasteiger partial charge in [0.05, 0.1) is 11.8 Å². The summed E-state index contributed by atoms with van der Waals surface area (Å²) >= 11 is 0. The summed E-state index contributed by atoms with van der Waals surface area (Å²) in [5, 5.41) is 11.6. The molecule has 1 N–H and O–H groups in total. The van der Waals surface area contributed by atoms with Crippen molar-refractivity contribution in [2.75, 3.05) is 0 Å². The number of fused-ring (bicyclic) bond motifs is 1. The van der Waals surface area contributed by atoms with Crippen LogP contribution >= 0.6 is 0 Å². The van der Waals surface area contributed by atoms with E-state index in [2.05, 4.69) is 0 Å². The van der Waals surface area contributed by atoms with E-state index >= 15 is 0 Å². The van der Waals surface area contributed by atoms with E-state index in [1.54, 1.807) is 30.5 Å². The van der Waals surface area contributed by atoms with Gasteiger partial charge in [0, 0.05) is 0 Å².